The molecule has 2 heteroatoms. The van der Waals surface area contributed by atoms with E-state index in [0.717, 1.165) is 36.1 Å². The summed E-state index contributed by atoms with van der Waals surface area (Å²) >= 11 is 0. The second kappa shape index (κ2) is 4.73. The molecule has 0 spiro atoms. The summed E-state index contributed by atoms with van der Waals surface area (Å²) in [5, 5.41) is 4.00. The van der Waals surface area contributed by atoms with Crippen molar-refractivity contribution < 1.29 is 0 Å². The van der Waals surface area contributed by atoms with Gasteiger partial charge in [0.15, 0.2) is 0 Å². The topological polar surface area (TPSA) is 38.0 Å². The Morgan fingerprint density at radius 2 is 1.58 bits per heavy atom. The first kappa shape index (κ1) is 12.6. The van der Waals surface area contributed by atoms with Crippen LogP contribution in [0.15, 0.2) is 0 Å². The van der Waals surface area contributed by atoms with E-state index in [9.17, 15) is 0 Å². The lowest BCUT2D eigenvalue weighted by Crippen LogP contribution is -2.68. The summed E-state index contributed by atoms with van der Waals surface area (Å²) in [7, 11) is 0. The second-order valence-corrected chi connectivity index (χ2v) is 8.06. The molecule has 5 fully saturated rings. The Morgan fingerprint density at radius 1 is 0.947 bits per heavy atom. The number of nitrogens with two attached hydrogens (primary N) is 1. The first-order valence-corrected chi connectivity index (χ1v) is 8.75. The molecule has 0 unspecified atom stereocenters. The molecule has 5 rings (SSSR count). The van der Waals surface area contributed by atoms with E-state index in [1.807, 2.05) is 0 Å². The van der Waals surface area contributed by atoms with Crippen LogP contribution in [0.5, 0.6) is 0 Å². The molecule has 5 saturated carbocycles. The molecule has 0 atom stereocenters. The Morgan fingerprint density at radius 3 is 2.05 bits per heavy atom. The first-order valence-electron chi connectivity index (χ1n) is 8.75. The predicted molar refractivity (Wildman–Crippen MR) is 78.8 cm³/mol. The van der Waals surface area contributed by atoms with Crippen molar-refractivity contribution in [3.63, 3.8) is 0 Å². The molecular formula is C17H30N2. The Hall–Kier alpha value is -0.0800. The van der Waals surface area contributed by atoms with Gasteiger partial charge in [-0.3, -0.25) is 0 Å². The molecule has 2 nitrogen and oxygen atoms in total. The molecule has 4 bridgehead atoms. The minimum atomic E-state index is 0.331. The average molecular weight is 262 g/mol. The van der Waals surface area contributed by atoms with Gasteiger partial charge in [-0.05, 0) is 74.7 Å². The fourth-order valence-corrected chi connectivity index (χ4v) is 6.01. The summed E-state index contributed by atoms with van der Waals surface area (Å²) < 4.78 is 0. The number of nitrogens with one attached hydrogen (secondary N) is 1. The van der Waals surface area contributed by atoms with Crippen molar-refractivity contribution >= 4 is 0 Å². The van der Waals surface area contributed by atoms with E-state index in [2.05, 4.69) is 5.32 Å². The van der Waals surface area contributed by atoms with Crippen molar-refractivity contribution in [1.29, 1.82) is 0 Å². The van der Waals surface area contributed by atoms with Crippen molar-refractivity contribution in [3.8, 4) is 0 Å². The van der Waals surface area contributed by atoms with Gasteiger partial charge in [0, 0.05) is 12.1 Å². The Bertz CT molecular complexity index is 306. The third kappa shape index (κ3) is 1.98. The van der Waals surface area contributed by atoms with Crippen molar-refractivity contribution in [2.75, 3.05) is 13.1 Å². The van der Waals surface area contributed by atoms with Gasteiger partial charge in [-0.25, -0.2) is 0 Å². The van der Waals surface area contributed by atoms with Crippen LogP contribution in [0.4, 0.5) is 0 Å². The summed E-state index contributed by atoms with van der Waals surface area (Å²) in [4.78, 5) is 0. The van der Waals surface area contributed by atoms with E-state index in [1.165, 1.54) is 64.3 Å². The molecule has 0 saturated heterocycles. The van der Waals surface area contributed by atoms with Crippen molar-refractivity contribution in [2.24, 2.45) is 35.3 Å². The van der Waals surface area contributed by atoms with Gasteiger partial charge in [-0.1, -0.05) is 19.3 Å². The minimum Gasteiger partial charge on any atom is -0.329 e. The van der Waals surface area contributed by atoms with E-state index >= 15 is 0 Å². The standard InChI is InChI=1S/C17H30N2/c18-11-17(19-5-4-12-2-1-3-12)15-7-13-6-14(9-15)10-16(17)8-13/h12-16,19H,1-11,18H2. The van der Waals surface area contributed by atoms with Crippen LogP contribution in [0.1, 0.15) is 57.8 Å². The average Bonchev–Trinajstić information content (AvgIpc) is 2.35. The highest BCUT2D eigenvalue weighted by Crippen LogP contribution is 2.57. The first-order chi connectivity index (χ1) is 9.30. The predicted octanol–water partition coefficient (Wildman–Crippen LogP) is 2.92. The normalized spacial score (nSPS) is 48.5. The Kier molecular flexibility index (Phi) is 3.15. The quantitative estimate of drug-likeness (QED) is 0.799. The van der Waals surface area contributed by atoms with Crippen LogP contribution in [0, 0.1) is 29.6 Å². The number of hydrogen-bond acceptors (Lipinski definition) is 2. The van der Waals surface area contributed by atoms with Crippen LogP contribution in [-0.2, 0) is 0 Å². The van der Waals surface area contributed by atoms with E-state index < -0.39 is 0 Å². The van der Waals surface area contributed by atoms with Crippen LogP contribution in [0.2, 0.25) is 0 Å². The highest BCUT2D eigenvalue weighted by atomic mass is 15.0. The van der Waals surface area contributed by atoms with Crippen LogP contribution in [0.3, 0.4) is 0 Å². The van der Waals surface area contributed by atoms with E-state index in [0.29, 0.717) is 5.54 Å². The SMILES string of the molecule is NCC1(NCCC2CCC2)C2CC3CC(C2)CC1C3. The Balaban J connectivity index is 1.43. The fraction of sp³-hybridized carbons (Fsp3) is 1.00. The highest BCUT2D eigenvalue weighted by molar-refractivity contribution is 5.11. The molecule has 0 aliphatic heterocycles. The van der Waals surface area contributed by atoms with Crippen LogP contribution >= 0.6 is 0 Å². The molecule has 5 aliphatic rings. The van der Waals surface area contributed by atoms with Crippen molar-refractivity contribution in [2.45, 2.75) is 63.3 Å². The largest absolute Gasteiger partial charge is 0.329 e. The fourth-order valence-electron chi connectivity index (χ4n) is 6.01. The van der Waals surface area contributed by atoms with Gasteiger partial charge in [0.05, 0.1) is 0 Å². The van der Waals surface area contributed by atoms with Crippen LogP contribution in [0.25, 0.3) is 0 Å². The lowest BCUT2D eigenvalue weighted by Gasteiger charge is -2.61. The summed E-state index contributed by atoms with van der Waals surface area (Å²) in [5.74, 6) is 4.93. The Labute approximate surface area is 117 Å². The molecule has 108 valence electrons. The maximum atomic E-state index is 6.29. The van der Waals surface area contributed by atoms with Gasteiger partial charge in [-0.15, -0.1) is 0 Å². The maximum Gasteiger partial charge on any atom is 0.0361 e. The summed E-state index contributed by atoms with van der Waals surface area (Å²) in [6.07, 6.45) is 13.3. The van der Waals surface area contributed by atoms with E-state index in [-0.39, 0.29) is 0 Å². The van der Waals surface area contributed by atoms with Gasteiger partial charge >= 0.3 is 0 Å². The van der Waals surface area contributed by atoms with Gasteiger partial charge in [-0.2, -0.15) is 0 Å². The van der Waals surface area contributed by atoms with Crippen LogP contribution in [-0.4, -0.2) is 18.6 Å². The molecule has 0 radical (unpaired) electrons. The molecule has 3 N–H and O–H groups in total. The summed E-state index contributed by atoms with van der Waals surface area (Å²) in [6.45, 7) is 2.11. The van der Waals surface area contributed by atoms with Gasteiger partial charge in [0.25, 0.3) is 0 Å². The van der Waals surface area contributed by atoms with E-state index in [1.54, 1.807) is 0 Å². The third-order valence-electron chi connectivity index (χ3n) is 7.16. The molecule has 0 heterocycles. The maximum absolute atomic E-state index is 6.29. The highest BCUT2D eigenvalue weighted by Gasteiger charge is 2.56. The smallest absolute Gasteiger partial charge is 0.0361 e. The van der Waals surface area contributed by atoms with Gasteiger partial charge in [0.1, 0.15) is 0 Å². The molecule has 19 heavy (non-hydrogen) atoms. The zero-order valence-electron chi connectivity index (χ0n) is 12.2. The minimum absolute atomic E-state index is 0.331. The van der Waals surface area contributed by atoms with Gasteiger partial charge < -0.3 is 11.1 Å². The van der Waals surface area contributed by atoms with Gasteiger partial charge in [0.2, 0.25) is 0 Å². The second-order valence-electron chi connectivity index (χ2n) is 8.06. The monoisotopic (exact) mass is 262 g/mol. The van der Waals surface area contributed by atoms with Crippen molar-refractivity contribution in [3.05, 3.63) is 0 Å². The number of hydrogen-bond donors (Lipinski definition) is 2. The van der Waals surface area contributed by atoms with Crippen LogP contribution < -0.4 is 11.1 Å². The zero-order chi connectivity index (χ0) is 12.9. The summed E-state index contributed by atoms with van der Waals surface area (Å²) in [6, 6.07) is 0. The lowest BCUT2D eigenvalue weighted by atomic mass is 9.48. The molecule has 0 aromatic rings. The molecule has 0 amide bonds. The molecule has 0 aromatic heterocycles. The van der Waals surface area contributed by atoms with E-state index in [4.69, 9.17) is 5.73 Å². The van der Waals surface area contributed by atoms with Crippen molar-refractivity contribution in [1.82, 2.24) is 5.32 Å². The third-order valence-corrected chi connectivity index (χ3v) is 7.16. The zero-order valence-corrected chi connectivity index (χ0v) is 12.2. The molecule has 0 aromatic carbocycles. The lowest BCUT2D eigenvalue weighted by molar-refractivity contribution is -0.0696. The molecular weight excluding hydrogens is 232 g/mol. The summed E-state index contributed by atoms with van der Waals surface area (Å²) in [5.41, 5.74) is 6.62. The number of rotatable bonds is 5. The molecule has 5 aliphatic carbocycles.